The minimum atomic E-state index is 0.196. The average Bonchev–Trinajstić information content (AvgIpc) is 3.81. The zero-order valence-electron chi connectivity index (χ0n) is 19.5. The third-order valence-electron chi connectivity index (χ3n) is 7.55. The van der Waals surface area contributed by atoms with Gasteiger partial charge in [-0.3, -0.25) is 9.97 Å². The maximum Gasteiger partial charge on any atom is 0.0831 e. The van der Waals surface area contributed by atoms with Gasteiger partial charge in [-0.1, -0.05) is 6.92 Å². The number of rotatable bonds is 8. The molecule has 3 aromatic rings. The average molecular weight is 443 g/mol. The number of piperidine rings is 1. The minimum Gasteiger partial charge on any atom is -0.369 e. The normalized spacial score (nSPS) is 21.8. The van der Waals surface area contributed by atoms with Crippen LogP contribution in [0, 0.1) is 5.92 Å². The van der Waals surface area contributed by atoms with Crippen molar-refractivity contribution in [3.63, 3.8) is 0 Å². The molecule has 0 amide bonds. The lowest BCUT2D eigenvalue weighted by Gasteiger charge is -2.35. The Morgan fingerprint density at radius 3 is 2.73 bits per heavy atom. The molecule has 6 nitrogen and oxygen atoms in total. The lowest BCUT2D eigenvalue weighted by atomic mass is 10.00. The van der Waals surface area contributed by atoms with Crippen LogP contribution in [-0.2, 0) is 0 Å². The van der Waals surface area contributed by atoms with Crippen molar-refractivity contribution in [3.8, 4) is 5.69 Å². The van der Waals surface area contributed by atoms with Crippen molar-refractivity contribution in [1.29, 1.82) is 0 Å². The van der Waals surface area contributed by atoms with Gasteiger partial charge < -0.3 is 10.2 Å². The molecule has 33 heavy (non-hydrogen) atoms. The van der Waals surface area contributed by atoms with E-state index in [2.05, 4.69) is 57.8 Å². The van der Waals surface area contributed by atoms with Gasteiger partial charge in [0, 0.05) is 43.1 Å². The molecule has 4 heterocycles. The molecule has 3 aliphatic rings. The number of hydrogen-bond donors (Lipinski definition) is 1. The van der Waals surface area contributed by atoms with Crippen molar-refractivity contribution in [2.24, 2.45) is 5.92 Å². The molecule has 0 aromatic carbocycles. The molecule has 1 N–H and O–H groups in total. The highest BCUT2D eigenvalue weighted by molar-refractivity contribution is 5.46. The minimum absolute atomic E-state index is 0.196. The van der Waals surface area contributed by atoms with Crippen LogP contribution in [0.5, 0.6) is 0 Å². The molecular formula is C27H34N6. The van der Waals surface area contributed by atoms with E-state index in [0.29, 0.717) is 12.0 Å². The first-order chi connectivity index (χ1) is 16.2. The Balaban J connectivity index is 1.11. The van der Waals surface area contributed by atoms with Crippen LogP contribution < -0.4 is 10.2 Å². The first-order valence-electron chi connectivity index (χ1n) is 12.7. The van der Waals surface area contributed by atoms with Crippen molar-refractivity contribution >= 4 is 5.69 Å². The summed E-state index contributed by atoms with van der Waals surface area (Å²) in [5.74, 6) is 1.82. The topological polar surface area (TPSA) is 58.9 Å². The van der Waals surface area contributed by atoms with Crippen molar-refractivity contribution < 1.29 is 0 Å². The van der Waals surface area contributed by atoms with Gasteiger partial charge in [0.05, 0.1) is 30.0 Å². The molecule has 172 valence electrons. The van der Waals surface area contributed by atoms with Crippen LogP contribution in [-0.4, -0.2) is 45.4 Å². The molecule has 2 atom stereocenters. The Labute approximate surface area is 196 Å². The lowest BCUT2D eigenvalue weighted by molar-refractivity contribution is 0.416. The molecule has 0 radical (unpaired) electrons. The summed E-state index contributed by atoms with van der Waals surface area (Å²) in [7, 11) is 0. The van der Waals surface area contributed by atoms with E-state index < -0.39 is 0 Å². The molecule has 3 fully saturated rings. The second-order valence-corrected chi connectivity index (χ2v) is 10.3. The summed E-state index contributed by atoms with van der Waals surface area (Å²) in [6.45, 7) is 5.62. The molecule has 2 aliphatic carbocycles. The summed E-state index contributed by atoms with van der Waals surface area (Å²) in [4.78, 5) is 11.8. The first-order valence-corrected chi connectivity index (χ1v) is 12.7. The van der Waals surface area contributed by atoms with E-state index in [-0.39, 0.29) is 5.92 Å². The standard InChI is InChI=1S/C27H34N6/c1-19(23-14-31-33(17-23)26-11-22(13-28-15-26)21-6-7-21)27-9-8-25(16-30-27)32-10-2-3-24(18-32)29-12-20-4-5-20/h8-9,11,13-17,19-21,24,29H,2-7,10,12,18H2,1H3. The number of nitrogens with zero attached hydrogens (tertiary/aromatic N) is 5. The number of anilines is 1. The fraction of sp³-hybridized carbons (Fsp3) is 0.519. The van der Waals surface area contributed by atoms with Crippen LogP contribution in [0.2, 0.25) is 0 Å². The SMILES string of the molecule is CC(c1cnn(-c2cncc(C3CC3)c2)c1)c1ccc(N2CCCC(NCC3CC3)C2)cn1. The maximum absolute atomic E-state index is 4.86. The van der Waals surface area contributed by atoms with Crippen LogP contribution in [0.25, 0.3) is 5.69 Å². The molecule has 1 aliphatic heterocycles. The summed E-state index contributed by atoms with van der Waals surface area (Å²) < 4.78 is 1.95. The monoisotopic (exact) mass is 442 g/mol. The Morgan fingerprint density at radius 2 is 1.94 bits per heavy atom. The highest BCUT2D eigenvalue weighted by atomic mass is 15.3. The Kier molecular flexibility index (Phi) is 5.62. The largest absolute Gasteiger partial charge is 0.369 e. The van der Waals surface area contributed by atoms with Crippen LogP contribution >= 0.6 is 0 Å². The zero-order valence-corrected chi connectivity index (χ0v) is 19.5. The van der Waals surface area contributed by atoms with Gasteiger partial charge in [-0.2, -0.15) is 5.10 Å². The van der Waals surface area contributed by atoms with Gasteiger partial charge in [-0.25, -0.2) is 4.68 Å². The predicted molar refractivity (Wildman–Crippen MR) is 131 cm³/mol. The number of aromatic nitrogens is 4. The van der Waals surface area contributed by atoms with Gasteiger partial charge in [-0.05, 0) is 86.2 Å². The second-order valence-electron chi connectivity index (χ2n) is 10.3. The Morgan fingerprint density at radius 1 is 1.03 bits per heavy atom. The molecule has 2 unspecified atom stereocenters. The Hall–Kier alpha value is -2.73. The second kappa shape index (κ2) is 8.90. The van der Waals surface area contributed by atoms with E-state index in [9.17, 15) is 0 Å². The third kappa shape index (κ3) is 4.81. The van der Waals surface area contributed by atoms with Gasteiger partial charge in [0.25, 0.3) is 0 Å². The zero-order chi connectivity index (χ0) is 22.2. The smallest absolute Gasteiger partial charge is 0.0831 e. The van der Waals surface area contributed by atoms with E-state index >= 15 is 0 Å². The number of pyridine rings is 2. The molecule has 0 spiro atoms. The number of nitrogens with one attached hydrogen (secondary N) is 1. The molecule has 2 saturated carbocycles. The summed E-state index contributed by atoms with van der Waals surface area (Å²) in [5.41, 5.74) is 5.87. The third-order valence-corrected chi connectivity index (χ3v) is 7.55. The van der Waals surface area contributed by atoms with Gasteiger partial charge in [0.2, 0.25) is 0 Å². The number of hydrogen-bond acceptors (Lipinski definition) is 5. The van der Waals surface area contributed by atoms with Crippen LogP contribution in [0.15, 0.2) is 49.2 Å². The summed E-state index contributed by atoms with van der Waals surface area (Å²) in [5, 5.41) is 8.41. The predicted octanol–water partition coefficient (Wildman–Crippen LogP) is 4.66. The van der Waals surface area contributed by atoms with Crippen molar-refractivity contribution in [2.75, 3.05) is 24.5 Å². The van der Waals surface area contributed by atoms with E-state index in [1.165, 1.54) is 61.9 Å². The molecule has 3 aromatic heterocycles. The Bertz CT molecular complexity index is 1080. The fourth-order valence-corrected chi connectivity index (χ4v) is 4.96. The van der Waals surface area contributed by atoms with Crippen LogP contribution in [0.1, 0.15) is 74.1 Å². The van der Waals surface area contributed by atoms with E-state index in [4.69, 9.17) is 4.98 Å². The first kappa shape index (κ1) is 20.8. The summed E-state index contributed by atoms with van der Waals surface area (Å²) in [6.07, 6.45) is 17.9. The lowest BCUT2D eigenvalue weighted by Crippen LogP contribution is -2.46. The molecule has 6 heteroatoms. The molecular weight excluding hydrogens is 408 g/mol. The van der Waals surface area contributed by atoms with Crippen LogP contribution in [0.3, 0.4) is 0 Å². The van der Waals surface area contributed by atoms with E-state index in [1.807, 2.05) is 23.3 Å². The van der Waals surface area contributed by atoms with Gasteiger partial charge in [0.1, 0.15) is 0 Å². The van der Waals surface area contributed by atoms with Gasteiger partial charge in [0.15, 0.2) is 0 Å². The van der Waals surface area contributed by atoms with Crippen molar-refractivity contribution in [3.05, 3.63) is 66.0 Å². The quantitative estimate of drug-likeness (QED) is 0.550. The summed E-state index contributed by atoms with van der Waals surface area (Å²) >= 11 is 0. The highest BCUT2D eigenvalue weighted by Gasteiger charge is 2.26. The van der Waals surface area contributed by atoms with Gasteiger partial charge in [-0.15, -0.1) is 0 Å². The highest BCUT2D eigenvalue weighted by Crippen LogP contribution is 2.40. The molecule has 0 bridgehead atoms. The van der Waals surface area contributed by atoms with Crippen molar-refractivity contribution in [2.45, 2.75) is 63.3 Å². The van der Waals surface area contributed by atoms with Crippen LogP contribution in [0.4, 0.5) is 5.69 Å². The van der Waals surface area contributed by atoms with E-state index in [1.54, 1.807) is 0 Å². The fourth-order valence-electron chi connectivity index (χ4n) is 4.96. The van der Waals surface area contributed by atoms with E-state index in [0.717, 1.165) is 30.4 Å². The van der Waals surface area contributed by atoms with Gasteiger partial charge >= 0.3 is 0 Å². The molecule has 1 saturated heterocycles. The van der Waals surface area contributed by atoms with Crippen molar-refractivity contribution in [1.82, 2.24) is 25.1 Å². The molecule has 6 rings (SSSR count). The maximum atomic E-state index is 4.86. The summed E-state index contributed by atoms with van der Waals surface area (Å²) in [6, 6.07) is 7.27.